The zero-order valence-corrected chi connectivity index (χ0v) is 7.33. The van der Waals surface area contributed by atoms with Crippen molar-refractivity contribution in [3.05, 3.63) is 23.8 Å². The molecule has 1 rings (SSSR count). The molecule has 0 aromatic heterocycles. The van der Waals surface area contributed by atoms with Crippen LogP contribution in [0.25, 0.3) is 0 Å². The summed E-state index contributed by atoms with van der Waals surface area (Å²) in [7, 11) is 3.25. The number of rotatable bonds is 3. The van der Waals surface area contributed by atoms with Crippen LogP contribution in [0.15, 0.2) is 18.2 Å². The first-order valence-electron chi connectivity index (χ1n) is 3.70. The highest BCUT2D eigenvalue weighted by atomic mass is 16.5. The van der Waals surface area contributed by atoms with Gasteiger partial charge in [0.25, 0.3) is 0 Å². The molecule has 0 bridgehead atoms. The van der Waals surface area contributed by atoms with Crippen molar-refractivity contribution in [3.8, 4) is 5.75 Å². The maximum absolute atomic E-state index is 5.72. The lowest BCUT2D eigenvalue weighted by molar-refractivity contribution is 0.182. The fourth-order valence-electron chi connectivity index (χ4n) is 1.07. The maximum Gasteiger partial charge on any atom is 0.126 e. The molecule has 0 unspecified atom stereocenters. The quantitative estimate of drug-likeness (QED) is 0.692. The number of methoxy groups -OCH3 is 2. The van der Waals surface area contributed by atoms with Crippen LogP contribution >= 0.6 is 0 Å². The largest absolute Gasteiger partial charge is 0.496 e. The van der Waals surface area contributed by atoms with Gasteiger partial charge in [0.2, 0.25) is 0 Å². The fourth-order valence-corrected chi connectivity index (χ4v) is 1.07. The van der Waals surface area contributed by atoms with E-state index < -0.39 is 0 Å². The average Bonchev–Trinajstić information content (AvgIpc) is 2.09. The van der Waals surface area contributed by atoms with E-state index in [0.29, 0.717) is 12.3 Å². The molecule has 3 heteroatoms. The molecule has 0 aliphatic carbocycles. The van der Waals surface area contributed by atoms with Crippen LogP contribution in [0.4, 0.5) is 5.69 Å². The first-order valence-corrected chi connectivity index (χ1v) is 3.70. The molecular formula is C9H13NO2. The van der Waals surface area contributed by atoms with Gasteiger partial charge in [0.05, 0.1) is 13.7 Å². The van der Waals surface area contributed by atoms with E-state index in [4.69, 9.17) is 15.2 Å². The Labute approximate surface area is 72.1 Å². The van der Waals surface area contributed by atoms with Crippen LogP contribution in [0.3, 0.4) is 0 Å². The first-order chi connectivity index (χ1) is 5.79. The van der Waals surface area contributed by atoms with Crippen molar-refractivity contribution < 1.29 is 9.47 Å². The highest BCUT2D eigenvalue weighted by Crippen LogP contribution is 2.24. The summed E-state index contributed by atoms with van der Waals surface area (Å²) >= 11 is 0. The van der Waals surface area contributed by atoms with Gasteiger partial charge in [-0.3, -0.25) is 0 Å². The van der Waals surface area contributed by atoms with Crippen molar-refractivity contribution in [2.75, 3.05) is 20.0 Å². The predicted octanol–water partition coefficient (Wildman–Crippen LogP) is 1.42. The van der Waals surface area contributed by atoms with Crippen molar-refractivity contribution in [1.29, 1.82) is 0 Å². The summed E-state index contributed by atoms with van der Waals surface area (Å²) in [5, 5.41) is 0. The van der Waals surface area contributed by atoms with Gasteiger partial charge >= 0.3 is 0 Å². The van der Waals surface area contributed by atoms with Crippen molar-refractivity contribution >= 4 is 5.69 Å². The van der Waals surface area contributed by atoms with Crippen LogP contribution in [0.2, 0.25) is 0 Å². The lowest BCUT2D eigenvalue weighted by atomic mass is 10.2. The Morgan fingerprint density at radius 2 is 2.08 bits per heavy atom. The van der Waals surface area contributed by atoms with Crippen molar-refractivity contribution in [2.24, 2.45) is 0 Å². The number of nitrogen functional groups attached to an aromatic ring is 1. The minimum absolute atomic E-state index is 0.482. The zero-order chi connectivity index (χ0) is 8.97. The van der Waals surface area contributed by atoms with E-state index >= 15 is 0 Å². The van der Waals surface area contributed by atoms with Crippen LogP contribution in [0.1, 0.15) is 5.56 Å². The van der Waals surface area contributed by atoms with Crippen molar-refractivity contribution in [2.45, 2.75) is 6.61 Å². The smallest absolute Gasteiger partial charge is 0.126 e. The number of hydrogen-bond acceptors (Lipinski definition) is 3. The van der Waals surface area contributed by atoms with Crippen molar-refractivity contribution in [1.82, 2.24) is 0 Å². The number of nitrogens with two attached hydrogens (primary N) is 1. The van der Waals surface area contributed by atoms with E-state index in [2.05, 4.69) is 0 Å². The van der Waals surface area contributed by atoms with Gasteiger partial charge in [0.1, 0.15) is 5.75 Å². The lowest BCUT2D eigenvalue weighted by Crippen LogP contribution is -1.99. The summed E-state index contributed by atoms with van der Waals surface area (Å²) in [5.74, 6) is 0.775. The third kappa shape index (κ3) is 1.68. The molecule has 0 radical (unpaired) electrons. The van der Waals surface area contributed by atoms with Gasteiger partial charge < -0.3 is 15.2 Å². The van der Waals surface area contributed by atoms with Gasteiger partial charge in [-0.15, -0.1) is 0 Å². The van der Waals surface area contributed by atoms with Gasteiger partial charge in [-0.25, -0.2) is 0 Å². The third-order valence-electron chi connectivity index (χ3n) is 1.68. The van der Waals surface area contributed by atoms with Crippen LogP contribution in [-0.2, 0) is 11.3 Å². The Balaban J connectivity index is 3.02. The van der Waals surface area contributed by atoms with Gasteiger partial charge in [-0.05, 0) is 12.1 Å². The molecule has 0 saturated carbocycles. The average molecular weight is 167 g/mol. The number of ether oxygens (including phenoxy) is 2. The molecule has 1 aromatic rings. The van der Waals surface area contributed by atoms with Crippen LogP contribution in [0.5, 0.6) is 5.75 Å². The first kappa shape index (κ1) is 8.87. The number of anilines is 1. The van der Waals surface area contributed by atoms with Crippen LogP contribution in [0, 0.1) is 0 Å². The minimum atomic E-state index is 0.482. The van der Waals surface area contributed by atoms with E-state index in [1.165, 1.54) is 0 Å². The monoisotopic (exact) mass is 167 g/mol. The SMILES string of the molecule is COCc1c(N)cccc1OC. The molecule has 1 aromatic carbocycles. The molecule has 0 amide bonds. The van der Waals surface area contributed by atoms with E-state index in [1.807, 2.05) is 18.2 Å². The highest BCUT2D eigenvalue weighted by Gasteiger charge is 2.04. The second-order valence-corrected chi connectivity index (χ2v) is 2.46. The number of benzene rings is 1. The Kier molecular flexibility index (Phi) is 2.94. The van der Waals surface area contributed by atoms with E-state index in [0.717, 1.165) is 11.3 Å². The lowest BCUT2D eigenvalue weighted by Gasteiger charge is -2.09. The van der Waals surface area contributed by atoms with E-state index in [1.54, 1.807) is 14.2 Å². The summed E-state index contributed by atoms with van der Waals surface area (Å²) in [6, 6.07) is 5.55. The summed E-state index contributed by atoms with van der Waals surface area (Å²) in [5.41, 5.74) is 7.33. The molecular weight excluding hydrogens is 154 g/mol. The third-order valence-corrected chi connectivity index (χ3v) is 1.68. The summed E-state index contributed by atoms with van der Waals surface area (Å²) in [6.45, 7) is 0.482. The molecule has 0 atom stereocenters. The topological polar surface area (TPSA) is 44.5 Å². The molecule has 0 fully saturated rings. The molecule has 0 heterocycles. The fraction of sp³-hybridized carbons (Fsp3) is 0.333. The molecule has 3 nitrogen and oxygen atoms in total. The van der Waals surface area contributed by atoms with Crippen LogP contribution in [-0.4, -0.2) is 14.2 Å². The summed E-state index contributed by atoms with van der Waals surface area (Å²) < 4.78 is 10.1. The molecule has 0 aliphatic rings. The Hall–Kier alpha value is -1.22. The van der Waals surface area contributed by atoms with Gasteiger partial charge in [-0.2, -0.15) is 0 Å². The Morgan fingerprint density at radius 1 is 1.33 bits per heavy atom. The van der Waals surface area contributed by atoms with Gasteiger partial charge in [0, 0.05) is 18.4 Å². The Bertz CT molecular complexity index is 261. The second kappa shape index (κ2) is 3.97. The molecule has 0 spiro atoms. The van der Waals surface area contributed by atoms with E-state index in [9.17, 15) is 0 Å². The molecule has 0 aliphatic heterocycles. The minimum Gasteiger partial charge on any atom is -0.496 e. The molecule has 12 heavy (non-hydrogen) atoms. The van der Waals surface area contributed by atoms with Crippen molar-refractivity contribution in [3.63, 3.8) is 0 Å². The second-order valence-electron chi connectivity index (χ2n) is 2.46. The zero-order valence-electron chi connectivity index (χ0n) is 7.33. The molecule has 0 saturated heterocycles. The standard InChI is InChI=1S/C9H13NO2/c1-11-6-7-8(10)4-3-5-9(7)12-2/h3-5H,6,10H2,1-2H3. The number of hydrogen-bond donors (Lipinski definition) is 1. The van der Waals surface area contributed by atoms with E-state index in [-0.39, 0.29) is 0 Å². The summed E-state index contributed by atoms with van der Waals surface area (Å²) in [4.78, 5) is 0. The highest BCUT2D eigenvalue weighted by molar-refractivity contribution is 5.53. The molecule has 66 valence electrons. The Morgan fingerprint density at radius 3 is 2.67 bits per heavy atom. The predicted molar refractivity (Wildman–Crippen MR) is 48.1 cm³/mol. The van der Waals surface area contributed by atoms with Crippen LogP contribution < -0.4 is 10.5 Å². The molecule has 2 N–H and O–H groups in total. The maximum atomic E-state index is 5.72. The normalized spacial score (nSPS) is 9.83. The summed E-state index contributed by atoms with van der Waals surface area (Å²) in [6.07, 6.45) is 0. The van der Waals surface area contributed by atoms with Gasteiger partial charge in [0.15, 0.2) is 0 Å². The van der Waals surface area contributed by atoms with Gasteiger partial charge in [-0.1, -0.05) is 6.07 Å².